The second-order valence-electron chi connectivity index (χ2n) is 5.70. The Balaban J connectivity index is 1.77. The normalized spacial score (nSPS) is 21.2. The summed E-state index contributed by atoms with van der Waals surface area (Å²) in [6.07, 6.45) is 1.87. The molecule has 0 bridgehead atoms. The summed E-state index contributed by atoms with van der Waals surface area (Å²) in [5.41, 5.74) is 1.17. The molecule has 4 heteroatoms. The van der Waals surface area contributed by atoms with Gasteiger partial charge in [0, 0.05) is 0 Å². The quantitative estimate of drug-likeness (QED) is 0.797. The molecule has 1 saturated heterocycles. The van der Waals surface area contributed by atoms with Crippen LogP contribution in [0.2, 0.25) is 0 Å². The van der Waals surface area contributed by atoms with Gasteiger partial charge in [0.25, 0.3) is 0 Å². The van der Waals surface area contributed by atoms with Gasteiger partial charge in [-0.3, -0.25) is 0 Å². The molecule has 3 nitrogen and oxygen atoms in total. The Labute approximate surface area is 125 Å². The Morgan fingerprint density at radius 3 is 2.14 bits per heavy atom. The summed E-state index contributed by atoms with van der Waals surface area (Å²) in [5.74, 6) is 0. The number of benzene rings is 2. The minimum Gasteiger partial charge on any atom is -0.370 e. The summed E-state index contributed by atoms with van der Waals surface area (Å²) in [7, 11) is -3.41. The highest BCUT2D eigenvalue weighted by Gasteiger charge is 2.38. The van der Waals surface area contributed by atoms with Crippen molar-refractivity contribution in [1.82, 2.24) is 0 Å². The third-order valence-electron chi connectivity index (χ3n) is 3.87. The molecule has 0 spiro atoms. The van der Waals surface area contributed by atoms with Crippen molar-refractivity contribution in [3.63, 3.8) is 0 Å². The molecule has 21 heavy (non-hydrogen) atoms. The van der Waals surface area contributed by atoms with Crippen molar-refractivity contribution in [3.8, 4) is 0 Å². The highest BCUT2D eigenvalue weighted by atomic mass is 32.2. The molecule has 0 radical (unpaired) electrons. The minimum atomic E-state index is -3.41. The lowest BCUT2D eigenvalue weighted by molar-refractivity contribution is 0.309. The summed E-state index contributed by atoms with van der Waals surface area (Å²) >= 11 is 0. The molecule has 0 aromatic heterocycles. The van der Waals surface area contributed by atoms with Gasteiger partial charge in [-0.2, -0.15) is 0 Å². The molecule has 0 amide bonds. The number of epoxide rings is 1. The molecule has 0 N–H and O–H groups in total. The van der Waals surface area contributed by atoms with Gasteiger partial charge in [0.05, 0.1) is 22.0 Å². The highest BCUT2D eigenvalue weighted by Crippen LogP contribution is 2.31. The number of hydrogen-bond acceptors (Lipinski definition) is 3. The lowest BCUT2D eigenvalue weighted by Crippen LogP contribution is -2.06. The van der Waals surface area contributed by atoms with Gasteiger partial charge in [0.15, 0.2) is 0 Å². The summed E-state index contributed by atoms with van der Waals surface area (Å²) in [4.78, 5) is 0.669. The zero-order chi connectivity index (χ0) is 14.9. The number of aryl methyl sites for hydroxylation is 1. The number of ether oxygens (including phenoxy) is 1. The van der Waals surface area contributed by atoms with E-state index >= 15 is 0 Å². The molecule has 1 unspecified atom stereocenters. The Morgan fingerprint density at radius 1 is 1.00 bits per heavy atom. The van der Waals surface area contributed by atoms with E-state index in [0.717, 1.165) is 25.0 Å². The zero-order valence-corrected chi connectivity index (χ0v) is 12.8. The van der Waals surface area contributed by atoms with E-state index in [4.69, 9.17) is 4.74 Å². The van der Waals surface area contributed by atoms with Gasteiger partial charge in [0.1, 0.15) is 0 Å². The largest absolute Gasteiger partial charge is 0.370 e. The minimum absolute atomic E-state index is 0.0365. The number of sulfone groups is 1. The molecule has 3 rings (SSSR count). The van der Waals surface area contributed by atoms with Crippen molar-refractivity contribution in [2.75, 3.05) is 6.61 Å². The van der Waals surface area contributed by atoms with Gasteiger partial charge >= 0.3 is 0 Å². The fraction of sp³-hybridized carbons (Fsp3) is 0.294. The van der Waals surface area contributed by atoms with Crippen molar-refractivity contribution in [1.29, 1.82) is 0 Å². The van der Waals surface area contributed by atoms with Crippen LogP contribution in [0.25, 0.3) is 0 Å². The molecule has 1 aliphatic rings. The van der Waals surface area contributed by atoms with E-state index in [9.17, 15) is 8.42 Å². The van der Waals surface area contributed by atoms with Crippen LogP contribution in [-0.2, 0) is 21.0 Å². The lowest BCUT2D eigenvalue weighted by Gasteiger charge is -2.07. The van der Waals surface area contributed by atoms with Crippen LogP contribution < -0.4 is 0 Å². The second kappa shape index (κ2) is 5.28. The van der Waals surface area contributed by atoms with Gasteiger partial charge in [-0.05, 0) is 49.6 Å². The maximum absolute atomic E-state index is 12.5. The van der Waals surface area contributed by atoms with E-state index in [1.807, 2.05) is 18.2 Å². The predicted molar refractivity (Wildman–Crippen MR) is 81.0 cm³/mol. The van der Waals surface area contributed by atoms with Crippen molar-refractivity contribution in [3.05, 3.63) is 60.2 Å². The maximum Gasteiger partial charge on any atom is 0.206 e. The first-order chi connectivity index (χ1) is 10.00. The molecule has 110 valence electrons. The van der Waals surface area contributed by atoms with Gasteiger partial charge < -0.3 is 4.74 Å². The van der Waals surface area contributed by atoms with Crippen LogP contribution in [0.5, 0.6) is 0 Å². The Kier molecular flexibility index (Phi) is 3.59. The molecule has 1 heterocycles. The molecular formula is C17H18O3S. The van der Waals surface area contributed by atoms with E-state index in [-0.39, 0.29) is 5.60 Å². The topological polar surface area (TPSA) is 46.7 Å². The third-order valence-corrected chi connectivity index (χ3v) is 5.65. The summed E-state index contributed by atoms with van der Waals surface area (Å²) in [5, 5.41) is 0. The van der Waals surface area contributed by atoms with Crippen molar-refractivity contribution < 1.29 is 13.2 Å². The van der Waals surface area contributed by atoms with E-state index in [2.05, 4.69) is 6.92 Å². The van der Waals surface area contributed by atoms with Crippen molar-refractivity contribution in [2.24, 2.45) is 0 Å². The van der Waals surface area contributed by atoms with Crippen LogP contribution >= 0.6 is 0 Å². The van der Waals surface area contributed by atoms with Crippen LogP contribution in [0.1, 0.15) is 18.9 Å². The van der Waals surface area contributed by atoms with Crippen LogP contribution in [0.3, 0.4) is 0 Å². The lowest BCUT2D eigenvalue weighted by atomic mass is 10.0. The van der Waals surface area contributed by atoms with Gasteiger partial charge in [-0.25, -0.2) is 8.42 Å². The van der Waals surface area contributed by atoms with Gasteiger partial charge in [-0.1, -0.05) is 30.3 Å². The third kappa shape index (κ3) is 3.17. The average Bonchev–Trinajstić information content (AvgIpc) is 3.25. The molecule has 2 aromatic carbocycles. The first kappa shape index (κ1) is 14.3. The van der Waals surface area contributed by atoms with Crippen LogP contribution in [0.15, 0.2) is 64.4 Å². The second-order valence-corrected chi connectivity index (χ2v) is 7.65. The maximum atomic E-state index is 12.5. The van der Waals surface area contributed by atoms with Crippen LogP contribution in [-0.4, -0.2) is 20.6 Å². The molecular weight excluding hydrogens is 284 g/mol. The monoisotopic (exact) mass is 302 g/mol. The van der Waals surface area contributed by atoms with E-state index in [0.29, 0.717) is 9.79 Å². The fourth-order valence-corrected chi connectivity index (χ4v) is 3.53. The molecule has 2 aromatic rings. The van der Waals surface area contributed by atoms with Crippen LogP contribution in [0.4, 0.5) is 0 Å². The predicted octanol–water partition coefficient (Wildman–Crippen LogP) is 3.24. The van der Waals surface area contributed by atoms with E-state index in [1.54, 1.807) is 36.4 Å². The fourth-order valence-electron chi connectivity index (χ4n) is 2.25. The summed E-state index contributed by atoms with van der Waals surface area (Å²) in [6, 6.07) is 15.7. The average molecular weight is 302 g/mol. The first-order valence-corrected chi connectivity index (χ1v) is 8.51. The zero-order valence-electron chi connectivity index (χ0n) is 12.0. The van der Waals surface area contributed by atoms with Gasteiger partial charge in [-0.15, -0.1) is 0 Å². The molecule has 0 aliphatic carbocycles. The number of hydrogen-bond donors (Lipinski definition) is 0. The molecule has 0 saturated carbocycles. The van der Waals surface area contributed by atoms with Crippen LogP contribution in [0, 0.1) is 0 Å². The summed E-state index contributed by atoms with van der Waals surface area (Å²) < 4.78 is 30.3. The Morgan fingerprint density at radius 2 is 1.57 bits per heavy atom. The molecule has 1 atom stereocenters. The van der Waals surface area contributed by atoms with Gasteiger partial charge in [0.2, 0.25) is 9.84 Å². The Bertz CT molecular complexity index is 714. The summed E-state index contributed by atoms with van der Waals surface area (Å²) in [6.45, 7) is 2.93. The smallest absolute Gasteiger partial charge is 0.206 e. The standard InChI is InChI=1S/C17H18O3S/c1-17(13-20-17)12-11-14-7-9-16(10-8-14)21(18,19)15-5-3-2-4-6-15/h2-10H,11-13H2,1H3. The van der Waals surface area contributed by atoms with E-state index < -0.39 is 9.84 Å². The highest BCUT2D eigenvalue weighted by molar-refractivity contribution is 7.91. The molecule has 1 aliphatic heterocycles. The SMILES string of the molecule is CC1(CCc2ccc(S(=O)(=O)c3ccccc3)cc2)CO1. The number of rotatable bonds is 5. The van der Waals surface area contributed by atoms with Crippen molar-refractivity contribution >= 4 is 9.84 Å². The molecule has 1 fully saturated rings. The van der Waals surface area contributed by atoms with Crippen molar-refractivity contribution in [2.45, 2.75) is 35.2 Å². The Hall–Kier alpha value is -1.65. The van der Waals surface area contributed by atoms with E-state index in [1.165, 1.54) is 0 Å². The first-order valence-electron chi connectivity index (χ1n) is 7.03.